The fourth-order valence-electron chi connectivity index (χ4n) is 2.70. The van der Waals surface area contributed by atoms with Gasteiger partial charge in [0.15, 0.2) is 12.6 Å². The molecule has 2 aliphatic heterocycles. The Morgan fingerprint density at radius 3 is 1.60 bits per heavy atom. The predicted octanol–water partition coefficient (Wildman–Crippen LogP) is -5.78. The van der Waals surface area contributed by atoms with Crippen molar-refractivity contribution in [2.24, 2.45) is 10.8 Å². The fraction of sp³-hybridized carbons (Fsp3) is 0.900. The molecule has 2 saturated heterocycles. The third-order valence-corrected chi connectivity index (χ3v) is 4.76. The van der Waals surface area contributed by atoms with Gasteiger partial charge in [-0.05, 0) is 5.53 Å². The molecule has 0 aromatic rings. The number of azide groups is 1. The number of rotatable bonds is 6. The third kappa shape index (κ3) is 19.3. The molecule has 21 nitrogen and oxygen atoms in total. The van der Waals surface area contributed by atoms with E-state index in [9.17, 15) is 35.1 Å². The van der Waals surface area contributed by atoms with E-state index < -0.39 is 92.9 Å². The topological polar surface area (TPSA) is 380 Å². The maximum Gasteiger partial charge on any atom is 1.00 e. The number of nitrogens with zero attached hydrogens (tertiary/aromatic N) is 6. The van der Waals surface area contributed by atoms with Crippen LogP contribution in [0.1, 0.15) is 35.6 Å². The average molecular weight is 629 g/mol. The number of nitrogens with one attached hydrogen (secondary N) is 1. The molecule has 12 N–H and O–H groups in total. The molecule has 2 fully saturated rings. The van der Waals surface area contributed by atoms with Crippen molar-refractivity contribution in [1.29, 1.82) is 0 Å². The molecule has 0 aromatic heterocycles. The van der Waals surface area contributed by atoms with E-state index in [1.807, 2.05) is 0 Å². The second kappa shape index (κ2) is 29.2. The Morgan fingerprint density at radius 2 is 1.24 bits per heavy atom. The Hall–Kier alpha value is -1.88. The fourth-order valence-corrected chi connectivity index (χ4v) is 2.70. The number of amides is 1. The van der Waals surface area contributed by atoms with Gasteiger partial charge in [0.05, 0.1) is 19.3 Å². The zero-order valence-corrected chi connectivity index (χ0v) is 23.0. The molecule has 0 radical (unpaired) electrons. The van der Waals surface area contributed by atoms with Crippen molar-refractivity contribution in [2.75, 3.05) is 19.8 Å². The van der Waals surface area contributed by atoms with Crippen LogP contribution >= 0.6 is 0 Å². The minimum absolute atomic E-state index is 0. The van der Waals surface area contributed by atoms with Gasteiger partial charge in [-0.2, -0.15) is 0 Å². The summed E-state index contributed by atoms with van der Waals surface area (Å²) in [6.07, 6.45) is -10.3. The number of aliphatic hydroxyl groups excluding tert-OH is 8. The van der Waals surface area contributed by atoms with E-state index in [4.69, 9.17) is 52.2 Å². The number of aliphatic hydroxyl groups is 8. The van der Waals surface area contributed by atoms with Crippen LogP contribution in [0.4, 0.5) is 0 Å². The maximum absolute atomic E-state index is 11.2. The first-order chi connectivity index (χ1) is 17.8. The van der Waals surface area contributed by atoms with Gasteiger partial charge in [-0.1, -0.05) is 34.3 Å². The van der Waals surface area contributed by atoms with Gasteiger partial charge in [-0.3, -0.25) is 14.5 Å². The third-order valence-electron chi connectivity index (χ3n) is 4.76. The molecule has 0 bridgehead atoms. The van der Waals surface area contributed by atoms with Gasteiger partial charge >= 0.3 is 35.5 Å². The number of hydrogen-bond donors (Lipinski definition) is 11. The van der Waals surface area contributed by atoms with Gasteiger partial charge in [-0.25, -0.2) is 0 Å². The molecule has 6 unspecified atom stereocenters. The number of nitrogens with two attached hydrogens (primary N) is 1. The van der Waals surface area contributed by atoms with Gasteiger partial charge in [0, 0.05) is 11.3 Å². The van der Waals surface area contributed by atoms with Crippen molar-refractivity contribution in [3.63, 3.8) is 0 Å². The van der Waals surface area contributed by atoms with Gasteiger partial charge < -0.3 is 77.5 Å². The van der Waals surface area contributed by atoms with Crippen LogP contribution in [-0.2, 0) is 19.1 Å². The van der Waals surface area contributed by atoms with Crippen LogP contribution in [0.2, 0.25) is 0 Å². The molecule has 22 heteroatoms. The molecule has 2 rings (SSSR count). The van der Waals surface area contributed by atoms with Crippen LogP contribution in [0.15, 0.2) is 5.11 Å². The first kappa shape index (κ1) is 52.7. The summed E-state index contributed by atoms with van der Waals surface area (Å²) in [5.41, 5.74) is 26.8. The standard InChI is InChI=1S/C8H14N4O6.C6H13NO5.C3H6O2.3CH4.N3.Na/c9-12-10-1-4(14)11-5-7(16)6(15)3(2-13)18-8(5)17;7-3-5(10)4(9)2(1-8)12-6(3)11;1-2-3(4)5;;;;1-3-2;/h3,5-8,13,15-17H,1-2H2,(H,11,14);2-6,8-11H,1,7H2;2H2,1H3,(H,4,5);3*1H4;;/q;;;;;;-1;+1/t3?,5?,6-,7-,8?;2?,3?,4-,5-,6?;;;;;;/m11....../s1. The summed E-state index contributed by atoms with van der Waals surface area (Å²) < 4.78 is 9.51. The average Bonchev–Trinajstić information content (AvgIpc) is 2.89. The first-order valence-electron chi connectivity index (χ1n) is 10.6. The molecular formula is C20H45N8NaO13. The van der Waals surface area contributed by atoms with Gasteiger partial charge in [0.25, 0.3) is 0 Å². The van der Waals surface area contributed by atoms with Gasteiger partial charge in [-0.15, -0.1) is 0 Å². The Bertz CT molecular complexity index is 788. The molecule has 0 aromatic carbocycles. The minimum Gasteiger partial charge on any atom is -0.481 e. The zero-order valence-electron chi connectivity index (χ0n) is 21.0. The monoisotopic (exact) mass is 628 g/mol. The van der Waals surface area contributed by atoms with Crippen molar-refractivity contribution in [2.45, 2.75) is 96.9 Å². The van der Waals surface area contributed by atoms with E-state index >= 15 is 0 Å². The summed E-state index contributed by atoms with van der Waals surface area (Å²) in [6, 6.07) is -2.31. The summed E-state index contributed by atoms with van der Waals surface area (Å²) in [5, 5.41) is 86.5. The number of aliphatic carboxylic acids is 1. The Balaban J connectivity index is -0.000000118. The minimum atomic E-state index is -1.59. The van der Waals surface area contributed by atoms with Crippen molar-refractivity contribution < 1.29 is 94.6 Å². The number of carbonyl (C=O) groups excluding carboxylic acids is 1. The number of hydrogen-bond acceptors (Lipinski definition) is 14. The molecule has 244 valence electrons. The summed E-state index contributed by atoms with van der Waals surface area (Å²) in [5.74, 6) is -1.49. The molecular weight excluding hydrogens is 583 g/mol. The van der Waals surface area contributed by atoms with E-state index in [0.717, 1.165) is 0 Å². The Morgan fingerprint density at radius 1 is 0.857 bits per heavy atom. The zero-order chi connectivity index (χ0) is 30.0. The summed E-state index contributed by atoms with van der Waals surface area (Å²) in [7, 11) is 0. The van der Waals surface area contributed by atoms with Crippen LogP contribution in [0.3, 0.4) is 0 Å². The number of carboxylic acids is 1. The van der Waals surface area contributed by atoms with E-state index in [0.29, 0.717) is 0 Å². The SMILES string of the molecule is C.C.C.CCC(=O)O.NC1C(O)OC(CO)[C@@H](O)[C@@H]1O.[N-]=[N+]=NCC(=O)NC1C(O)OC(CO)[C@@H](O)[C@@H]1O.[N-]=[N+]=[N-].[Na+]. The van der Waals surface area contributed by atoms with Crippen LogP contribution < -0.4 is 40.6 Å². The molecule has 0 spiro atoms. The van der Waals surface area contributed by atoms with Crippen molar-refractivity contribution >= 4 is 11.9 Å². The largest absolute Gasteiger partial charge is 1.00 e. The van der Waals surface area contributed by atoms with Gasteiger partial charge in [0.2, 0.25) is 5.91 Å². The molecule has 10 atom stereocenters. The quantitative estimate of drug-likeness (QED) is 0.0565. The molecule has 2 heterocycles. The maximum atomic E-state index is 11.2. The first-order valence-corrected chi connectivity index (χ1v) is 10.6. The molecule has 42 heavy (non-hydrogen) atoms. The van der Waals surface area contributed by atoms with Crippen LogP contribution in [0.5, 0.6) is 0 Å². The van der Waals surface area contributed by atoms with Crippen molar-refractivity contribution in [3.8, 4) is 0 Å². The van der Waals surface area contributed by atoms with E-state index in [-0.39, 0.29) is 58.3 Å². The predicted molar refractivity (Wildman–Crippen MR) is 142 cm³/mol. The van der Waals surface area contributed by atoms with E-state index in [1.165, 1.54) is 4.91 Å². The Kier molecular flexibility index (Phi) is 36.7. The van der Waals surface area contributed by atoms with Crippen LogP contribution in [-0.4, -0.2) is 139 Å². The van der Waals surface area contributed by atoms with Crippen molar-refractivity contribution in [3.05, 3.63) is 26.4 Å². The van der Waals surface area contributed by atoms with Crippen LogP contribution in [0.25, 0.3) is 26.4 Å². The molecule has 0 aliphatic carbocycles. The van der Waals surface area contributed by atoms with Crippen LogP contribution in [0, 0.1) is 0 Å². The Labute approximate surface area is 265 Å². The molecule has 2 aliphatic rings. The second-order valence-corrected chi connectivity index (χ2v) is 7.35. The number of carboxylic acid groups (broad SMARTS) is 1. The normalized spacial score (nSPS) is 30.4. The van der Waals surface area contributed by atoms with Gasteiger partial charge in [0.1, 0.15) is 49.2 Å². The number of carbonyl (C=O) groups is 2. The smallest absolute Gasteiger partial charge is 0.481 e. The summed E-state index contributed by atoms with van der Waals surface area (Å²) in [6.45, 7) is 0.0327. The van der Waals surface area contributed by atoms with Crippen molar-refractivity contribution in [1.82, 2.24) is 5.32 Å². The van der Waals surface area contributed by atoms with E-state index in [2.05, 4.69) is 15.3 Å². The van der Waals surface area contributed by atoms with E-state index in [1.54, 1.807) is 6.92 Å². The molecule has 1 amide bonds. The second-order valence-electron chi connectivity index (χ2n) is 7.35. The number of ether oxygens (including phenoxy) is 2. The molecule has 0 saturated carbocycles. The summed E-state index contributed by atoms with van der Waals surface area (Å²) in [4.78, 5) is 24.5. The summed E-state index contributed by atoms with van der Waals surface area (Å²) >= 11 is 0.